The van der Waals surface area contributed by atoms with Gasteiger partial charge in [-0.1, -0.05) is 47.5 Å². The van der Waals surface area contributed by atoms with Crippen molar-refractivity contribution in [1.29, 1.82) is 0 Å². The van der Waals surface area contributed by atoms with Gasteiger partial charge < -0.3 is 0 Å². The van der Waals surface area contributed by atoms with Crippen LogP contribution in [0.2, 0.25) is 0 Å². The van der Waals surface area contributed by atoms with Gasteiger partial charge in [-0.15, -0.1) is 0 Å². The number of nitrogens with zero attached hydrogens (tertiary/aromatic N) is 1. The third kappa shape index (κ3) is 3.08. The summed E-state index contributed by atoms with van der Waals surface area (Å²) in [7, 11) is 0. The summed E-state index contributed by atoms with van der Waals surface area (Å²) in [6, 6.07) is 8.55. The fourth-order valence-corrected chi connectivity index (χ4v) is 2.62. The lowest BCUT2D eigenvalue weighted by Gasteiger charge is -2.32. The van der Waals surface area contributed by atoms with Gasteiger partial charge in [0.2, 0.25) is 0 Å². The van der Waals surface area contributed by atoms with E-state index in [2.05, 4.69) is 52.0 Å². The molecule has 0 unspecified atom stereocenters. The van der Waals surface area contributed by atoms with Crippen molar-refractivity contribution < 1.29 is 0 Å². The minimum absolute atomic E-state index is 0.961. The molecule has 2 heteroatoms. The minimum atomic E-state index is 0.961. The zero-order valence-corrected chi connectivity index (χ0v) is 11.5. The van der Waals surface area contributed by atoms with Gasteiger partial charge in [0.1, 0.15) is 0 Å². The summed E-state index contributed by atoms with van der Waals surface area (Å²) in [5.41, 5.74) is 1.41. The smallest absolute Gasteiger partial charge is 0.0244 e. The first-order valence-corrected chi connectivity index (χ1v) is 7.04. The highest BCUT2D eigenvalue weighted by Crippen LogP contribution is 2.28. The Morgan fingerprint density at radius 3 is 2.62 bits per heavy atom. The summed E-state index contributed by atoms with van der Waals surface area (Å²) in [6.07, 6.45) is 4.32. The van der Waals surface area contributed by atoms with Crippen molar-refractivity contribution in [3.8, 4) is 0 Å². The van der Waals surface area contributed by atoms with E-state index in [1.165, 1.54) is 35.8 Å². The highest BCUT2D eigenvalue weighted by molar-refractivity contribution is 9.10. The van der Waals surface area contributed by atoms with Crippen molar-refractivity contribution in [3.05, 3.63) is 34.3 Å². The van der Waals surface area contributed by atoms with Crippen molar-refractivity contribution in [2.24, 2.45) is 5.92 Å². The quantitative estimate of drug-likeness (QED) is 0.787. The van der Waals surface area contributed by atoms with E-state index in [1.54, 1.807) is 0 Å². The summed E-state index contributed by atoms with van der Waals surface area (Å²) in [6.45, 7) is 5.76. The van der Waals surface area contributed by atoms with E-state index >= 15 is 0 Å². The van der Waals surface area contributed by atoms with Crippen LogP contribution in [0.5, 0.6) is 0 Å². The van der Waals surface area contributed by atoms with Crippen molar-refractivity contribution in [3.63, 3.8) is 0 Å². The summed E-state index contributed by atoms with van der Waals surface area (Å²) in [4.78, 5) is 2.56. The molecule has 0 saturated heterocycles. The van der Waals surface area contributed by atoms with Gasteiger partial charge in [0.15, 0.2) is 0 Å². The van der Waals surface area contributed by atoms with Gasteiger partial charge in [0.25, 0.3) is 0 Å². The standard InChI is InChI=1S/C14H20BrN/c1-2-16(10-12-6-5-7-12)11-13-8-3-4-9-14(13)15/h3-4,8-9,12H,2,5-7,10-11H2,1H3. The second-order valence-electron chi connectivity index (χ2n) is 4.72. The van der Waals surface area contributed by atoms with Gasteiger partial charge in [-0.3, -0.25) is 4.90 Å². The molecule has 88 valence electrons. The Hall–Kier alpha value is -0.340. The number of hydrogen-bond acceptors (Lipinski definition) is 1. The van der Waals surface area contributed by atoms with Crippen LogP contribution in [0.25, 0.3) is 0 Å². The van der Waals surface area contributed by atoms with Crippen LogP contribution in [0.4, 0.5) is 0 Å². The van der Waals surface area contributed by atoms with E-state index in [4.69, 9.17) is 0 Å². The fraction of sp³-hybridized carbons (Fsp3) is 0.571. The molecular weight excluding hydrogens is 262 g/mol. The molecule has 0 amide bonds. The van der Waals surface area contributed by atoms with E-state index in [0.717, 1.165) is 19.0 Å². The Kier molecular flexibility index (Phi) is 4.42. The van der Waals surface area contributed by atoms with E-state index in [9.17, 15) is 0 Å². The molecular formula is C14H20BrN. The van der Waals surface area contributed by atoms with Crippen molar-refractivity contribution in [1.82, 2.24) is 4.90 Å². The molecule has 1 fully saturated rings. The Bertz CT molecular complexity index is 333. The number of hydrogen-bond donors (Lipinski definition) is 0. The first-order valence-electron chi connectivity index (χ1n) is 6.25. The SMILES string of the molecule is CCN(Cc1ccccc1Br)CC1CCC1. The maximum atomic E-state index is 3.62. The molecule has 1 aliphatic rings. The largest absolute Gasteiger partial charge is 0.299 e. The van der Waals surface area contributed by atoms with E-state index in [1.807, 2.05) is 0 Å². The molecule has 2 rings (SSSR count). The van der Waals surface area contributed by atoms with E-state index in [0.29, 0.717) is 0 Å². The highest BCUT2D eigenvalue weighted by Gasteiger charge is 2.20. The van der Waals surface area contributed by atoms with Crippen LogP contribution in [0, 0.1) is 5.92 Å². The normalized spacial score (nSPS) is 16.4. The predicted molar refractivity (Wildman–Crippen MR) is 72.4 cm³/mol. The molecule has 1 aromatic rings. The number of rotatable bonds is 5. The van der Waals surface area contributed by atoms with Crippen molar-refractivity contribution in [2.45, 2.75) is 32.7 Å². The van der Waals surface area contributed by atoms with Crippen LogP contribution in [0.15, 0.2) is 28.7 Å². The first kappa shape index (κ1) is 12.1. The molecule has 0 bridgehead atoms. The average Bonchev–Trinajstić information content (AvgIpc) is 2.24. The van der Waals surface area contributed by atoms with Gasteiger partial charge in [-0.05, 0) is 36.9 Å². The second-order valence-corrected chi connectivity index (χ2v) is 5.57. The van der Waals surface area contributed by atoms with Crippen molar-refractivity contribution >= 4 is 15.9 Å². The summed E-state index contributed by atoms with van der Waals surface area (Å²) < 4.78 is 1.24. The predicted octanol–water partition coefficient (Wildman–Crippen LogP) is 4.07. The lowest BCUT2D eigenvalue weighted by atomic mass is 9.85. The number of benzene rings is 1. The van der Waals surface area contributed by atoms with Crippen LogP contribution < -0.4 is 0 Å². The van der Waals surface area contributed by atoms with E-state index < -0.39 is 0 Å². The molecule has 0 N–H and O–H groups in total. The van der Waals surface area contributed by atoms with Crippen LogP contribution in [-0.2, 0) is 6.54 Å². The molecule has 0 heterocycles. The summed E-state index contributed by atoms with van der Waals surface area (Å²) in [5.74, 6) is 0.961. The van der Waals surface area contributed by atoms with Gasteiger partial charge in [0.05, 0.1) is 0 Å². The molecule has 0 aliphatic heterocycles. The Morgan fingerprint density at radius 1 is 1.31 bits per heavy atom. The van der Waals surface area contributed by atoms with Crippen LogP contribution in [0.1, 0.15) is 31.7 Å². The van der Waals surface area contributed by atoms with Gasteiger partial charge >= 0.3 is 0 Å². The molecule has 0 radical (unpaired) electrons. The third-order valence-corrected chi connectivity index (χ3v) is 4.31. The monoisotopic (exact) mass is 281 g/mol. The van der Waals surface area contributed by atoms with Gasteiger partial charge in [0, 0.05) is 17.6 Å². The summed E-state index contributed by atoms with van der Waals surface area (Å²) in [5, 5.41) is 0. The molecule has 1 saturated carbocycles. The lowest BCUT2D eigenvalue weighted by molar-refractivity contribution is 0.178. The molecule has 1 aromatic carbocycles. The topological polar surface area (TPSA) is 3.24 Å². The molecule has 0 spiro atoms. The lowest BCUT2D eigenvalue weighted by Crippen LogP contribution is -2.32. The minimum Gasteiger partial charge on any atom is -0.299 e. The Morgan fingerprint density at radius 2 is 2.06 bits per heavy atom. The van der Waals surface area contributed by atoms with Crippen LogP contribution in [-0.4, -0.2) is 18.0 Å². The van der Waals surface area contributed by atoms with Gasteiger partial charge in [-0.2, -0.15) is 0 Å². The van der Waals surface area contributed by atoms with Crippen LogP contribution >= 0.6 is 15.9 Å². The number of halogens is 1. The second kappa shape index (κ2) is 5.83. The summed E-state index contributed by atoms with van der Waals surface area (Å²) >= 11 is 3.62. The maximum absolute atomic E-state index is 3.62. The maximum Gasteiger partial charge on any atom is 0.0244 e. The van der Waals surface area contributed by atoms with E-state index in [-0.39, 0.29) is 0 Å². The zero-order valence-electron chi connectivity index (χ0n) is 9.95. The molecule has 16 heavy (non-hydrogen) atoms. The Balaban J connectivity index is 1.92. The molecule has 1 aliphatic carbocycles. The van der Waals surface area contributed by atoms with Gasteiger partial charge in [-0.25, -0.2) is 0 Å². The first-order chi connectivity index (χ1) is 7.79. The Labute approximate surface area is 107 Å². The molecule has 0 aromatic heterocycles. The average molecular weight is 282 g/mol. The third-order valence-electron chi connectivity index (χ3n) is 3.54. The van der Waals surface area contributed by atoms with Crippen molar-refractivity contribution in [2.75, 3.05) is 13.1 Å². The van der Waals surface area contributed by atoms with Crippen LogP contribution in [0.3, 0.4) is 0 Å². The zero-order chi connectivity index (χ0) is 11.4. The molecule has 1 nitrogen and oxygen atoms in total. The fourth-order valence-electron chi connectivity index (χ4n) is 2.21. The highest BCUT2D eigenvalue weighted by atomic mass is 79.9. The molecule has 0 atom stereocenters.